The summed E-state index contributed by atoms with van der Waals surface area (Å²) in [5, 5.41) is 0. The monoisotopic (exact) mass is 202 g/mol. The fourth-order valence-corrected chi connectivity index (χ4v) is 1.41. The molecule has 0 aromatic carbocycles. The van der Waals surface area contributed by atoms with Gasteiger partial charge < -0.3 is 4.74 Å². The van der Waals surface area contributed by atoms with Crippen molar-refractivity contribution in [3.63, 3.8) is 0 Å². The van der Waals surface area contributed by atoms with Crippen molar-refractivity contribution < 1.29 is 4.74 Å². The van der Waals surface area contributed by atoms with Crippen LogP contribution in [0.1, 0.15) is 19.8 Å². The molecule has 56 valence electrons. The number of rotatable bonds is 1. The molecule has 0 saturated carbocycles. The number of allylic oxidation sites excluding steroid dienone is 3. The molecule has 0 unspecified atom stereocenters. The van der Waals surface area contributed by atoms with Gasteiger partial charge in [-0.1, -0.05) is 15.9 Å². The minimum absolute atomic E-state index is 1.01. The largest absolute Gasteiger partial charge is 0.497 e. The number of hydrogen-bond acceptors (Lipinski definition) is 1. The lowest BCUT2D eigenvalue weighted by Gasteiger charge is -2.12. The van der Waals surface area contributed by atoms with Crippen molar-refractivity contribution >= 4 is 15.9 Å². The highest BCUT2D eigenvalue weighted by atomic mass is 79.9. The zero-order valence-corrected chi connectivity index (χ0v) is 7.86. The van der Waals surface area contributed by atoms with E-state index >= 15 is 0 Å². The van der Waals surface area contributed by atoms with Crippen LogP contribution < -0.4 is 0 Å². The molecular weight excluding hydrogens is 192 g/mol. The molecule has 0 aromatic rings. The standard InChI is InChI=1S/C8H11BrO/c1-6-3-4-7(9)5-8(6)10-2/h5H,3-4H2,1-2H3. The lowest BCUT2D eigenvalue weighted by atomic mass is 10.1. The average Bonchev–Trinajstić information content (AvgIpc) is 1.94. The van der Waals surface area contributed by atoms with Gasteiger partial charge in [-0.2, -0.15) is 0 Å². The zero-order valence-electron chi connectivity index (χ0n) is 6.28. The van der Waals surface area contributed by atoms with E-state index in [1.54, 1.807) is 7.11 Å². The average molecular weight is 203 g/mol. The molecule has 1 nitrogen and oxygen atoms in total. The van der Waals surface area contributed by atoms with E-state index < -0.39 is 0 Å². The molecule has 0 aromatic heterocycles. The molecular formula is C8H11BrO. The summed E-state index contributed by atoms with van der Waals surface area (Å²) in [4.78, 5) is 0. The molecule has 0 bridgehead atoms. The normalized spacial score (nSPS) is 18.9. The van der Waals surface area contributed by atoms with Crippen molar-refractivity contribution in [1.29, 1.82) is 0 Å². The van der Waals surface area contributed by atoms with E-state index in [0.29, 0.717) is 0 Å². The SMILES string of the molecule is COC1=C(C)CCC(Br)=C1. The van der Waals surface area contributed by atoms with Crippen LogP contribution >= 0.6 is 15.9 Å². The van der Waals surface area contributed by atoms with Crippen LogP contribution in [-0.4, -0.2) is 7.11 Å². The first-order valence-electron chi connectivity index (χ1n) is 3.34. The van der Waals surface area contributed by atoms with E-state index in [0.717, 1.165) is 18.6 Å². The second-order valence-electron chi connectivity index (χ2n) is 2.44. The Labute approximate surface area is 69.9 Å². The van der Waals surface area contributed by atoms with Crippen LogP contribution in [-0.2, 0) is 4.74 Å². The van der Waals surface area contributed by atoms with Crippen molar-refractivity contribution in [2.75, 3.05) is 7.11 Å². The van der Waals surface area contributed by atoms with Crippen LogP contribution in [0.4, 0.5) is 0 Å². The first kappa shape index (κ1) is 7.86. The van der Waals surface area contributed by atoms with Gasteiger partial charge in [-0.05, 0) is 35.9 Å². The van der Waals surface area contributed by atoms with Crippen molar-refractivity contribution in [2.24, 2.45) is 0 Å². The van der Waals surface area contributed by atoms with E-state index in [9.17, 15) is 0 Å². The summed E-state index contributed by atoms with van der Waals surface area (Å²) in [5.74, 6) is 1.01. The Hall–Kier alpha value is -0.240. The van der Waals surface area contributed by atoms with Crippen LogP contribution in [0.25, 0.3) is 0 Å². The fourth-order valence-electron chi connectivity index (χ4n) is 1.00. The van der Waals surface area contributed by atoms with Crippen LogP contribution in [0.15, 0.2) is 21.9 Å². The van der Waals surface area contributed by atoms with Crippen molar-refractivity contribution in [2.45, 2.75) is 19.8 Å². The molecule has 0 aliphatic heterocycles. The summed E-state index contributed by atoms with van der Waals surface area (Å²) < 4.78 is 6.38. The van der Waals surface area contributed by atoms with E-state index in [4.69, 9.17) is 4.74 Å². The van der Waals surface area contributed by atoms with E-state index in [1.165, 1.54) is 10.1 Å². The zero-order chi connectivity index (χ0) is 7.56. The molecule has 0 N–H and O–H groups in total. The van der Waals surface area contributed by atoms with Crippen LogP contribution in [0.2, 0.25) is 0 Å². The maximum atomic E-state index is 5.15. The fraction of sp³-hybridized carbons (Fsp3) is 0.500. The van der Waals surface area contributed by atoms with Gasteiger partial charge in [0.1, 0.15) is 5.76 Å². The highest BCUT2D eigenvalue weighted by Crippen LogP contribution is 2.26. The third kappa shape index (κ3) is 1.63. The van der Waals surface area contributed by atoms with Crippen molar-refractivity contribution in [3.8, 4) is 0 Å². The summed E-state index contributed by atoms with van der Waals surface area (Å²) in [5.41, 5.74) is 1.34. The molecule has 0 heterocycles. The molecule has 10 heavy (non-hydrogen) atoms. The van der Waals surface area contributed by atoms with Gasteiger partial charge in [-0.15, -0.1) is 0 Å². The molecule has 0 atom stereocenters. The predicted octanol–water partition coefficient (Wildman–Crippen LogP) is 2.98. The summed E-state index contributed by atoms with van der Waals surface area (Å²) >= 11 is 3.44. The van der Waals surface area contributed by atoms with Gasteiger partial charge >= 0.3 is 0 Å². The van der Waals surface area contributed by atoms with Crippen LogP contribution in [0.5, 0.6) is 0 Å². The lowest BCUT2D eigenvalue weighted by Crippen LogP contribution is -1.95. The Bertz CT molecular complexity index is 191. The molecule has 1 rings (SSSR count). The number of hydrogen-bond donors (Lipinski definition) is 0. The number of ether oxygens (including phenoxy) is 1. The quantitative estimate of drug-likeness (QED) is 0.636. The van der Waals surface area contributed by atoms with Crippen molar-refractivity contribution in [3.05, 3.63) is 21.9 Å². The molecule has 0 fully saturated rings. The summed E-state index contributed by atoms with van der Waals surface area (Å²) in [6, 6.07) is 0. The van der Waals surface area contributed by atoms with Gasteiger partial charge in [0.25, 0.3) is 0 Å². The van der Waals surface area contributed by atoms with Gasteiger partial charge in [0.15, 0.2) is 0 Å². The lowest BCUT2D eigenvalue weighted by molar-refractivity contribution is 0.299. The van der Waals surface area contributed by atoms with Gasteiger partial charge in [0.2, 0.25) is 0 Å². The van der Waals surface area contributed by atoms with Crippen LogP contribution in [0, 0.1) is 0 Å². The van der Waals surface area contributed by atoms with E-state index in [-0.39, 0.29) is 0 Å². The Morgan fingerprint density at radius 2 is 2.20 bits per heavy atom. The summed E-state index contributed by atoms with van der Waals surface area (Å²) in [6.45, 7) is 2.11. The molecule has 2 heteroatoms. The van der Waals surface area contributed by atoms with Gasteiger partial charge in [-0.3, -0.25) is 0 Å². The second kappa shape index (κ2) is 3.24. The first-order chi connectivity index (χ1) is 4.74. The van der Waals surface area contributed by atoms with E-state index in [2.05, 4.69) is 22.9 Å². The highest BCUT2D eigenvalue weighted by molar-refractivity contribution is 9.11. The molecule has 0 spiro atoms. The van der Waals surface area contributed by atoms with Gasteiger partial charge in [0, 0.05) is 0 Å². The molecule has 0 radical (unpaired) electrons. The third-order valence-corrected chi connectivity index (χ3v) is 2.29. The first-order valence-corrected chi connectivity index (χ1v) is 4.13. The minimum atomic E-state index is 1.01. The molecule has 1 aliphatic rings. The number of halogens is 1. The van der Waals surface area contributed by atoms with Gasteiger partial charge in [-0.25, -0.2) is 0 Å². The maximum absolute atomic E-state index is 5.15. The second-order valence-corrected chi connectivity index (χ2v) is 3.46. The Kier molecular flexibility index (Phi) is 2.55. The van der Waals surface area contributed by atoms with E-state index in [1.807, 2.05) is 6.08 Å². The maximum Gasteiger partial charge on any atom is 0.118 e. The van der Waals surface area contributed by atoms with Crippen molar-refractivity contribution in [1.82, 2.24) is 0 Å². The molecule has 1 aliphatic carbocycles. The summed E-state index contributed by atoms with van der Waals surface area (Å²) in [6.07, 6.45) is 4.26. The highest BCUT2D eigenvalue weighted by Gasteiger charge is 2.07. The summed E-state index contributed by atoms with van der Waals surface area (Å²) in [7, 11) is 1.71. The van der Waals surface area contributed by atoms with Gasteiger partial charge in [0.05, 0.1) is 7.11 Å². The Balaban J connectivity index is 2.82. The minimum Gasteiger partial charge on any atom is -0.497 e. The molecule has 0 saturated heterocycles. The predicted molar refractivity (Wildman–Crippen MR) is 46.0 cm³/mol. The third-order valence-electron chi connectivity index (χ3n) is 1.67. The smallest absolute Gasteiger partial charge is 0.118 e. The van der Waals surface area contributed by atoms with Crippen LogP contribution in [0.3, 0.4) is 0 Å². The Morgan fingerprint density at radius 1 is 1.50 bits per heavy atom. The Morgan fingerprint density at radius 3 is 2.70 bits per heavy atom. The topological polar surface area (TPSA) is 9.23 Å². The number of methoxy groups -OCH3 is 1. The molecule has 0 amide bonds.